The molecule has 1 N–H and O–H groups in total. The normalized spacial score (nSPS) is 11.3. The van der Waals surface area contributed by atoms with E-state index in [2.05, 4.69) is 15.5 Å². The molecule has 0 radical (unpaired) electrons. The molecule has 1 aromatic heterocycles. The van der Waals surface area contributed by atoms with E-state index >= 15 is 0 Å². The van der Waals surface area contributed by atoms with Crippen molar-refractivity contribution < 1.29 is 22.0 Å². The number of hydrogen-bond acceptors (Lipinski definition) is 6. The van der Waals surface area contributed by atoms with Gasteiger partial charge in [-0.15, -0.1) is 5.10 Å². The van der Waals surface area contributed by atoms with Gasteiger partial charge in [-0.2, -0.15) is 0 Å². The maximum Gasteiger partial charge on any atom is 0.322 e. The molecule has 0 aliphatic heterocycles. The SMILES string of the molecule is O=C(CCCS(=O)(=O)c1ccccc1)Nc1nnc(-c2cccc(F)c2)o1. The highest BCUT2D eigenvalue weighted by Gasteiger charge is 2.16. The van der Waals surface area contributed by atoms with Crippen molar-refractivity contribution in [3.05, 3.63) is 60.4 Å². The molecule has 1 amide bonds. The Kier molecular flexibility index (Phi) is 5.60. The number of carbonyl (C=O) groups is 1. The fraction of sp³-hybridized carbons (Fsp3) is 0.167. The van der Waals surface area contributed by atoms with Crippen LogP contribution in [0.1, 0.15) is 12.8 Å². The van der Waals surface area contributed by atoms with E-state index in [0.717, 1.165) is 0 Å². The first kappa shape index (κ1) is 18.7. The molecule has 0 saturated heterocycles. The van der Waals surface area contributed by atoms with E-state index in [1.165, 1.54) is 30.3 Å². The lowest BCUT2D eigenvalue weighted by Gasteiger charge is -2.04. The first-order valence-electron chi connectivity index (χ1n) is 8.11. The Morgan fingerprint density at radius 2 is 1.85 bits per heavy atom. The smallest absolute Gasteiger partial charge is 0.322 e. The number of hydrogen-bond donors (Lipinski definition) is 1. The number of rotatable bonds is 7. The molecule has 0 bridgehead atoms. The minimum atomic E-state index is -3.43. The van der Waals surface area contributed by atoms with Gasteiger partial charge in [0, 0.05) is 12.0 Å². The number of amides is 1. The topological polar surface area (TPSA) is 102 Å². The van der Waals surface area contributed by atoms with Crippen molar-refractivity contribution in [3.8, 4) is 11.5 Å². The van der Waals surface area contributed by atoms with Gasteiger partial charge in [-0.3, -0.25) is 10.1 Å². The largest absolute Gasteiger partial charge is 0.403 e. The number of nitrogens with one attached hydrogen (secondary N) is 1. The van der Waals surface area contributed by atoms with Crippen LogP contribution in [0.5, 0.6) is 0 Å². The molecule has 9 heteroatoms. The quantitative estimate of drug-likeness (QED) is 0.666. The molecule has 0 unspecified atom stereocenters. The van der Waals surface area contributed by atoms with Crippen LogP contribution in [0.3, 0.4) is 0 Å². The number of halogens is 1. The molecule has 2 aromatic carbocycles. The van der Waals surface area contributed by atoms with Gasteiger partial charge in [0.1, 0.15) is 5.82 Å². The summed E-state index contributed by atoms with van der Waals surface area (Å²) >= 11 is 0. The fourth-order valence-corrected chi connectivity index (χ4v) is 3.69. The summed E-state index contributed by atoms with van der Waals surface area (Å²) in [6.45, 7) is 0. The summed E-state index contributed by atoms with van der Waals surface area (Å²) in [5, 5.41) is 9.83. The van der Waals surface area contributed by atoms with E-state index in [0.29, 0.717) is 5.56 Å². The highest BCUT2D eigenvalue weighted by molar-refractivity contribution is 7.91. The second kappa shape index (κ2) is 8.09. The van der Waals surface area contributed by atoms with Gasteiger partial charge in [-0.1, -0.05) is 29.4 Å². The second-order valence-electron chi connectivity index (χ2n) is 5.71. The summed E-state index contributed by atoms with van der Waals surface area (Å²) in [5.74, 6) is -0.983. The number of nitrogens with zero attached hydrogens (tertiary/aromatic N) is 2. The lowest BCUT2D eigenvalue weighted by atomic mass is 10.2. The van der Waals surface area contributed by atoms with E-state index in [1.807, 2.05) is 0 Å². The fourth-order valence-electron chi connectivity index (χ4n) is 2.36. The maximum atomic E-state index is 13.2. The highest BCUT2D eigenvalue weighted by Crippen LogP contribution is 2.20. The summed E-state index contributed by atoms with van der Waals surface area (Å²) in [6, 6.07) is 13.5. The molecule has 0 spiro atoms. The van der Waals surface area contributed by atoms with Crippen molar-refractivity contribution in [3.63, 3.8) is 0 Å². The van der Waals surface area contributed by atoms with E-state index < -0.39 is 21.6 Å². The van der Waals surface area contributed by atoms with Crippen molar-refractivity contribution in [2.24, 2.45) is 0 Å². The zero-order valence-electron chi connectivity index (χ0n) is 14.1. The molecule has 0 atom stereocenters. The Morgan fingerprint density at radius 1 is 1.07 bits per heavy atom. The first-order valence-corrected chi connectivity index (χ1v) is 9.76. The van der Waals surface area contributed by atoms with E-state index in [9.17, 15) is 17.6 Å². The predicted molar refractivity (Wildman–Crippen MR) is 96.1 cm³/mol. The molecule has 27 heavy (non-hydrogen) atoms. The second-order valence-corrected chi connectivity index (χ2v) is 7.82. The Morgan fingerprint density at radius 3 is 2.59 bits per heavy atom. The Balaban J connectivity index is 1.53. The van der Waals surface area contributed by atoms with Crippen molar-refractivity contribution in [1.29, 1.82) is 0 Å². The number of anilines is 1. The summed E-state index contributed by atoms with van der Waals surface area (Å²) in [4.78, 5) is 12.2. The van der Waals surface area contributed by atoms with Crippen LogP contribution in [-0.2, 0) is 14.6 Å². The van der Waals surface area contributed by atoms with Crippen LogP contribution in [-0.4, -0.2) is 30.3 Å². The van der Waals surface area contributed by atoms with Crippen LogP contribution in [0.25, 0.3) is 11.5 Å². The minimum Gasteiger partial charge on any atom is -0.403 e. The molecule has 0 saturated carbocycles. The first-order chi connectivity index (χ1) is 12.9. The standard InChI is InChI=1S/C18H16FN3O4S/c19-14-7-4-6-13(12-14)17-21-22-18(26-17)20-16(23)10-5-11-27(24,25)15-8-2-1-3-9-15/h1-4,6-9,12H,5,10-11H2,(H,20,22,23). The summed E-state index contributed by atoms with van der Waals surface area (Å²) < 4.78 is 42.8. The van der Waals surface area contributed by atoms with E-state index in [4.69, 9.17) is 4.42 Å². The Labute approximate surface area is 155 Å². The van der Waals surface area contributed by atoms with Crippen molar-refractivity contribution in [1.82, 2.24) is 10.2 Å². The summed E-state index contributed by atoms with van der Waals surface area (Å²) in [5.41, 5.74) is 0.386. The van der Waals surface area contributed by atoms with Crippen molar-refractivity contribution >= 4 is 21.8 Å². The molecular weight excluding hydrogens is 373 g/mol. The molecule has 0 aliphatic rings. The van der Waals surface area contributed by atoms with Crippen LogP contribution in [0.4, 0.5) is 10.4 Å². The zero-order valence-corrected chi connectivity index (χ0v) is 14.9. The van der Waals surface area contributed by atoms with Gasteiger partial charge in [0.05, 0.1) is 10.6 Å². The third-order valence-corrected chi connectivity index (χ3v) is 5.48. The van der Waals surface area contributed by atoms with Crippen LogP contribution in [0.2, 0.25) is 0 Å². The van der Waals surface area contributed by atoms with Gasteiger partial charge < -0.3 is 4.42 Å². The Bertz CT molecular complexity index is 1040. The van der Waals surface area contributed by atoms with Gasteiger partial charge in [-0.25, -0.2) is 12.8 Å². The molecule has 140 valence electrons. The molecule has 3 rings (SSSR count). The average Bonchev–Trinajstić information content (AvgIpc) is 3.11. The van der Waals surface area contributed by atoms with Gasteiger partial charge in [0.25, 0.3) is 0 Å². The highest BCUT2D eigenvalue weighted by atomic mass is 32.2. The molecular formula is C18H16FN3O4S. The van der Waals surface area contributed by atoms with Crippen LogP contribution in [0.15, 0.2) is 63.9 Å². The Hall–Kier alpha value is -3.07. The maximum absolute atomic E-state index is 13.2. The monoisotopic (exact) mass is 389 g/mol. The van der Waals surface area contributed by atoms with Crippen molar-refractivity contribution in [2.45, 2.75) is 17.7 Å². The van der Waals surface area contributed by atoms with E-state index in [1.54, 1.807) is 24.3 Å². The average molecular weight is 389 g/mol. The van der Waals surface area contributed by atoms with Gasteiger partial charge in [0.15, 0.2) is 9.84 Å². The van der Waals surface area contributed by atoms with Crippen molar-refractivity contribution in [2.75, 3.05) is 11.1 Å². The minimum absolute atomic E-state index is 0.0241. The number of benzene rings is 2. The molecule has 7 nitrogen and oxygen atoms in total. The molecule has 0 aliphatic carbocycles. The van der Waals surface area contributed by atoms with Gasteiger partial charge in [0.2, 0.25) is 11.8 Å². The van der Waals surface area contributed by atoms with Crippen LogP contribution >= 0.6 is 0 Å². The predicted octanol–water partition coefficient (Wildman–Crippen LogP) is 3.07. The summed E-state index contributed by atoms with van der Waals surface area (Å²) in [6.07, 6.45) is 0.123. The van der Waals surface area contributed by atoms with E-state index in [-0.39, 0.29) is 35.4 Å². The van der Waals surface area contributed by atoms with Gasteiger partial charge in [-0.05, 0) is 36.8 Å². The van der Waals surface area contributed by atoms with Crippen LogP contribution < -0.4 is 5.32 Å². The van der Waals surface area contributed by atoms with Gasteiger partial charge >= 0.3 is 6.01 Å². The van der Waals surface area contributed by atoms with Crippen LogP contribution in [0, 0.1) is 5.82 Å². The lowest BCUT2D eigenvalue weighted by molar-refractivity contribution is -0.116. The number of carbonyl (C=O) groups excluding carboxylic acids is 1. The summed E-state index contributed by atoms with van der Waals surface area (Å²) in [7, 11) is -3.43. The third-order valence-electron chi connectivity index (χ3n) is 3.66. The number of aromatic nitrogens is 2. The third kappa shape index (κ3) is 4.98. The lowest BCUT2D eigenvalue weighted by Crippen LogP contribution is -2.14. The number of sulfone groups is 1. The molecule has 0 fully saturated rings. The molecule has 1 heterocycles. The zero-order chi connectivity index (χ0) is 19.3. The molecule has 3 aromatic rings.